The molecule has 0 spiro atoms. The average Bonchev–Trinajstić information content (AvgIpc) is 2.43. The van der Waals surface area contributed by atoms with Gasteiger partial charge in [0, 0.05) is 28.4 Å². The number of anilines is 1. The summed E-state index contributed by atoms with van der Waals surface area (Å²) < 4.78 is 5.52. The summed E-state index contributed by atoms with van der Waals surface area (Å²) in [7, 11) is 0. The molecule has 0 radical (unpaired) electrons. The molecule has 2 aromatic rings. The molecule has 0 atom stereocenters. The summed E-state index contributed by atoms with van der Waals surface area (Å²) in [5, 5.41) is 11.4. The minimum atomic E-state index is -0.456. The van der Waals surface area contributed by atoms with Gasteiger partial charge in [-0.05, 0) is 23.8 Å². The molecule has 6 heteroatoms. The van der Waals surface area contributed by atoms with Crippen molar-refractivity contribution in [2.75, 3.05) is 5.73 Å². The lowest BCUT2D eigenvalue weighted by molar-refractivity contribution is -0.384. The molecule has 0 saturated heterocycles. The van der Waals surface area contributed by atoms with E-state index < -0.39 is 4.92 Å². The number of halogens is 1. The van der Waals surface area contributed by atoms with Crippen molar-refractivity contribution in [3.63, 3.8) is 0 Å². The van der Waals surface area contributed by atoms with Crippen LogP contribution in [0.3, 0.4) is 0 Å². The summed E-state index contributed by atoms with van der Waals surface area (Å²) in [6.45, 7) is 0.607. The van der Waals surface area contributed by atoms with Crippen LogP contribution in [0.1, 0.15) is 11.1 Å². The molecule has 104 valence electrons. The van der Waals surface area contributed by atoms with E-state index in [0.717, 1.165) is 5.56 Å². The molecule has 2 rings (SSSR count). The Balaban J connectivity index is 1.98. The number of benzene rings is 2. The normalized spacial score (nSPS) is 10.4. The first-order chi connectivity index (χ1) is 9.56. The maximum absolute atomic E-state index is 10.7. The van der Waals surface area contributed by atoms with Gasteiger partial charge in [-0.3, -0.25) is 10.1 Å². The van der Waals surface area contributed by atoms with E-state index in [2.05, 4.69) is 0 Å². The summed E-state index contributed by atoms with van der Waals surface area (Å²) in [5.41, 5.74) is 7.83. The van der Waals surface area contributed by atoms with Crippen molar-refractivity contribution in [3.8, 4) is 0 Å². The third-order valence-electron chi connectivity index (χ3n) is 2.78. The number of ether oxygens (including phenoxy) is 1. The van der Waals surface area contributed by atoms with Crippen LogP contribution in [-0.4, -0.2) is 4.92 Å². The largest absolute Gasteiger partial charge is 0.398 e. The summed E-state index contributed by atoms with van der Waals surface area (Å²) in [5.74, 6) is 0. The van der Waals surface area contributed by atoms with Crippen molar-refractivity contribution in [1.29, 1.82) is 0 Å². The van der Waals surface area contributed by atoms with Gasteiger partial charge in [-0.15, -0.1) is 0 Å². The molecule has 0 amide bonds. The zero-order valence-electron chi connectivity index (χ0n) is 10.6. The van der Waals surface area contributed by atoms with Crippen LogP contribution < -0.4 is 5.73 Å². The lowest BCUT2D eigenvalue weighted by atomic mass is 10.1. The SMILES string of the molecule is Nc1ccc([N+](=O)[O-])cc1COCc1ccc(Cl)cc1. The topological polar surface area (TPSA) is 78.4 Å². The molecule has 2 N–H and O–H groups in total. The first-order valence-electron chi connectivity index (χ1n) is 5.91. The highest BCUT2D eigenvalue weighted by Crippen LogP contribution is 2.21. The third kappa shape index (κ3) is 3.69. The van der Waals surface area contributed by atoms with Gasteiger partial charge in [0.2, 0.25) is 0 Å². The van der Waals surface area contributed by atoms with Crippen molar-refractivity contribution < 1.29 is 9.66 Å². The smallest absolute Gasteiger partial charge is 0.269 e. The van der Waals surface area contributed by atoms with Gasteiger partial charge >= 0.3 is 0 Å². The van der Waals surface area contributed by atoms with Crippen molar-refractivity contribution in [2.24, 2.45) is 0 Å². The molecule has 0 bridgehead atoms. The fraction of sp³-hybridized carbons (Fsp3) is 0.143. The van der Waals surface area contributed by atoms with Gasteiger partial charge < -0.3 is 10.5 Å². The molecule has 0 aliphatic carbocycles. The predicted octanol–water partition coefficient (Wildman–Crippen LogP) is 3.55. The molecule has 0 saturated carbocycles. The number of non-ortho nitro benzene ring substituents is 1. The zero-order valence-corrected chi connectivity index (χ0v) is 11.3. The number of nitrogens with zero attached hydrogens (tertiary/aromatic N) is 1. The molecule has 2 aromatic carbocycles. The van der Waals surface area contributed by atoms with E-state index in [9.17, 15) is 10.1 Å². The van der Waals surface area contributed by atoms with Gasteiger partial charge in [0.25, 0.3) is 5.69 Å². The van der Waals surface area contributed by atoms with Gasteiger partial charge in [0.15, 0.2) is 0 Å². The summed E-state index contributed by atoms with van der Waals surface area (Å²) in [6.07, 6.45) is 0. The highest BCUT2D eigenvalue weighted by atomic mass is 35.5. The second kappa shape index (κ2) is 6.36. The second-order valence-electron chi connectivity index (χ2n) is 4.26. The van der Waals surface area contributed by atoms with E-state index in [1.807, 2.05) is 12.1 Å². The second-order valence-corrected chi connectivity index (χ2v) is 4.70. The zero-order chi connectivity index (χ0) is 14.5. The Morgan fingerprint density at radius 2 is 1.85 bits per heavy atom. The number of nitro benzene ring substituents is 1. The molecule has 0 aliphatic heterocycles. The lowest BCUT2D eigenvalue weighted by Gasteiger charge is -2.07. The third-order valence-corrected chi connectivity index (χ3v) is 3.03. The van der Waals surface area contributed by atoms with Crippen LogP contribution >= 0.6 is 11.6 Å². The lowest BCUT2D eigenvalue weighted by Crippen LogP contribution is -2.00. The van der Waals surface area contributed by atoms with E-state index in [0.29, 0.717) is 22.9 Å². The van der Waals surface area contributed by atoms with Crippen LogP contribution in [0.25, 0.3) is 0 Å². The standard InChI is InChI=1S/C14H13ClN2O3/c15-12-3-1-10(2-4-12)8-20-9-11-7-13(17(18)19)5-6-14(11)16/h1-7H,8-9,16H2. The maximum Gasteiger partial charge on any atom is 0.269 e. The molecule has 0 heterocycles. The van der Waals surface area contributed by atoms with Crippen LogP contribution in [0.4, 0.5) is 11.4 Å². The first-order valence-corrected chi connectivity index (χ1v) is 6.29. The van der Waals surface area contributed by atoms with Crippen molar-refractivity contribution in [2.45, 2.75) is 13.2 Å². The molecule has 0 fully saturated rings. The Labute approximate surface area is 121 Å². The molecular weight excluding hydrogens is 280 g/mol. The van der Waals surface area contributed by atoms with Crippen LogP contribution in [0.2, 0.25) is 5.02 Å². The predicted molar refractivity (Wildman–Crippen MR) is 77.5 cm³/mol. The van der Waals surface area contributed by atoms with Crippen LogP contribution in [0.5, 0.6) is 0 Å². The molecule has 0 aliphatic rings. The number of hydrogen-bond donors (Lipinski definition) is 1. The van der Waals surface area contributed by atoms with Gasteiger partial charge in [0.05, 0.1) is 18.1 Å². The minimum absolute atomic E-state index is 0.00397. The fourth-order valence-electron chi connectivity index (χ4n) is 1.69. The van der Waals surface area contributed by atoms with Gasteiger partial charge in [-0.25, -0.2) is 0 Å². The Hall–Kier alpha value is -2.11. The monoisotopic (exact) mass is 292 g/mol. The Bertz CT molecular complexity index is 614. The summed E-state index contributed by atoms with van der Waals surface area (Å²) in [6, 6.07) is 11.6. The number of hydrogen-bond acceptors (Lipinski definition) is 4. The number of nitro groups is 1. The molecular formula is C14H13ClN2O3. The van der Waals surface area contributed by atoms with Gasteiger partial charge in [-0.2, -0.15) is 0 Å². The quantitative estimate of drug-likeness (QED) is 0.519. The average molecular weight is 293 g/mol. The van der Waals surface area contributed by atoms with E-state index in [-0.39, 0.29) is 12.3 Å². The summed E-state index contributed by atoms with van der Waals surface area (Å²) in [4.78, 5) is 10.2. The van der Waals surface area contributed by atoms with E-state index in [4.69, 9.17) is 22.1 Å². The Morgan fingerprint density at radius 1 is 1.15 bits per heavy atom. The van der Waals surface area contributed by atoms with Gasteiger partial charge in [0.1, 0.15) is 0 Å². The fourth-order valence-corrected chi connectivity index (χ4v) is 1.82. The Kier molecular flexibility index (Phi) is 4.55. The molecule has 0 unspecified atom stereocenters. The summed E-state index contributed by atoms with van der Waals surface area (Å²) >= 11 is 5.79. The highest BCUT2D eigenvalue weighted by Gasteiger charge is 2.09. The van der Waals surface area contributed by atoms with Crippen LogP contribution in [0.15, 0.2) is 42.5 Å². The van der Waals surface area contributed by atoms with E-state index >= 15 is 0 Å². The first kappa shape index (κ1) is 14.3. The van der Waals surface area contributed by atoms with Gasteiger partial charge in [-0.1, -0.05) is 23.7 Å². The Morgan fingerprint density at radius 3 is 2.50 bits per heavy atom. The van der Waals surface area contributed by atoms with E-state index in [1.165, 1.54) is 18.2 Å². The van der Waals surface area contributed by atoms with Crippen molar-refractivity contribution >= 4 is 23.0 Å². The van der Waals surface area contributed by atoms with E-state index in [1.54, 1.807) is 12.1 Å². The number of rotatable bonds is 5. The maximum atomic E-state index is 10.7. The molecule has 0 aromatic heterocycles. The molecule has 20 heavy (non-hydrogen) atoms. The van der Waals surface area contributed by atoms with Crippen molar-refractivity contribution in [3.05, 3.63) is 68.7 Å². The number of nitrogen functional groups attached to an aromatic ring is 1. The molecule has 5 nitrogen and oxygen atoms in total. The van der Waals surface area contributed by atoms with Crippen LogP contribution in [-0.2, 0) is 18.0 Å². The minimum Gasteiger partial charge on any atom is -0.398 e. The highest BCUT2D eigenvalue weighted by molar-refractivity contribution is 6.30. The van der Waals surface area contributed by atoms with Crippen LogP contribution in [0, 0.1) is 10.1 Å². The van der Waals surface area contributed by atoms with Crippen molar-refractivity contribution in [1.82, 2.24) is 0 Å². The number of nitrogens with two attached hydrogens (primary N) is 1.